The maximum atomic E-state index is 12.0. The van der Waals surface area contributed by atoms with Gasteiger partial charge in [0.15, 0.2) is 9.84 Å². The van der Waals surface area contributed by atoms with Crippen LogP contribution in [0, 0.1) is 0 Å². The van der Waals surface area contributed by atoms with Crippen molar-refractivity contribution < 1.29 is 13.2 Å². The van der Waals surface area contributed by atoms with E-state index in [1.54, 1.807) is 24.3 Å². The second-order valence-electron chi connectivity index (χ2n) is 4.39. The van der Waals surface area contributed by atoms with Crippen molar-refractivity contribution in [2.45, 2.75) is 24.7 Å². The molecule has 2 rings (SSSR count). The fourth-order valence-corrected chi connectivity index (χ4v) is 3.70. The van der Waals surface area contributed by atoms with E-state index in [9.17, 15) is 8.42 Å². The van der Waals surface area contributed by atoms with Crippen LogP contribution in [0.2, 0.25) is 0 Å². The van der Waals surface area contributed by atoms with Gasteiger partial charge in [0, 0.05) is 12.3 Å². The molecular formula is C12H17NO3S. The Morgan fingerprint density at radius 2 is 2.12 bits per heavy atom. The van der Waals surface area contributed by atoms with Crippen LogP contribution in [0.3, 0.4) is 0 Å². The SMILES string of the molecule is Nc1ccccc1CS(=O)(=O)CC1CCCO1. The highest BCUT2D eigenvalue weighted by atomic mass is 32.2. The van der Waals surface area contributed by atoms with E-state index >= 15 is 0 Å². The van der Waals surface area contributed by atoms with E-state index in [4.69, 9.17) is 10.5 Å². The van der Waals surface area contributed by atoms with Gasteiger partial charge in [-0.1, -0.05) is 18.2 Å². The number of para-hydroxylation sites is 1. The van der Waals surface area contributed by atoms with Gasteiger partial charge in [-0.25, -0.2) is 8.42 Å². The number of ether oxygens (including phenoxy) is 1. The normalized spacial score (nSPS) is 20.6. The Morgan fingerprint density at radius 3 is 2.76 bits per heavy atom. The molecule has 1 atom stereocenters. The molecule has 4 nitrogen and oxygen atoms in total. The van der Waals surface area contributed by atoms with Crippen LogP contribution in [-0.2, 0) is 20.3 Å². The summed E-state index contributed by atoms with van der Waals surface area (Å²) < 4.78 is 29.3. The summed E-state index contributed by atoms with van der Waals surface area (Å²) in [5.74, 6) is 0.0981. The molecule has 94 valence electrons. The molecule has 1 saturated heterocycles. The minimum absolute atomic E-state index is 0.000463. The smallest absolute Gasteiger partial charge is 0.157 e. The lowest BCUT2D eigenvalue weighted by molar-refractivity contribution is 0.127. The second kappa shape index (κ2) is 5.06. The number of rotatable bonds is 4. The molecule has 1 aliphatic heterocycles. The molecule has 0 aromatic heterocycles. The van der Waals surface area contributed by atoms with E-state index < -0.39 is 9.84 Å². The molecule has 0 bridgehead atoms. The zero-order valence-corrected chi connectivity index (χ0v) is 10.4. The fourth-order valence-electron chi connectivity index (χ4n) is 2.02. The van der Waals surface area contributed by atoms with Crippen molar-refractivity contribution in [2.75, 3.05) is 18.1 Å². The van der Waals surface area contributed by atoms with Gasteiger partial charge in [-0.15, -0.1) is 0 Å². The van der Waals surface area contributed by atoms with E-state index in [0.29, 0.717) is 17.9 Å². The first-order valence-corrected chi connectivity index (χ1v) is 7.54. The van der Waals surface area contributed by atoms with Crippen molar-refractivity contribution in [3.8, 4) is 0 Å². The van der Waals surface area contributed by atoms with Crippen molar-refractivity contribution >= 4 is 15.5 Å². The highest BCUT2D eigenvalue weighted by Gasteiger charge is 2.23. The third-order valence-electron chi connectivity index (χ3n) is 2.89. The summed E-state index contributed by atoms with van der Waals surface area (Å²) >= 11 is 0. The van der Waals surface area contributed by atoms with Crippen LogP contribution < -0.4 is 5.73 Å². The number of benzene rings is 1. The van der Waals surface area contributed by atoms with Crippen LogP contribution in [0.4, 0.5) is 5.69 Å². The molecule has 1 fully saturated rings. The van der Waals surface area contributed by atoms with Gasteiger partial charge in [-0.2, -0.15) is 0 Å². The first-order valence-electron chi connectivity index (χ1n) is 5.72. The Morgan fingerprint density at radius 1 is 1.35 bits per heavy atom. The molecule has 0 radical (unpaired) electrons. The summed E-state index contributed by atoms with van der Waals surface area (Å²) in [5, 5.41) is 0. The molecule has 1 aromatic carbocycles. The summed E-state index contributed by atoms with van der Waals surface area (Å²) in [6, 6.07) is 7.07. The summed E-state index contributed by atoms with van der Waals surface area (Å²) in [7, 11) is -3.15. The highest BCUT2D eigenvalue weighted by molar-refractivity contribution is 7.90. The summed E-state index contributed by atoms with van der Waals surface area (Å²) in [4.78, 5) is 0. The van der Waals surface area contributed by atoms with Crippen molar-refractivity contribution in [1.82, 2.24) is 0 Å². The highest BCUT2D eigenvalue weighted by Crippen LogP contribution is 2.19. The van der Waals surface area contributed by atoms with E-state index in [2.05, 4.69) is 0 Å². The Balaban J connectivity index is 2.04. The zero-order valence-electron chi connectivity index (χ0n) is 9.63. The molecule has 5 heteroatoms. The maximum absolute atomic E-state index is 12.0. The van der Waals surface area contributed by atoms with Gasteiger partial charge in [-0.05, 0) is 24.5 Å². The molecule has 2 N–H and O–H groups in total. The minimum Gasteiger partial charge on any atom is -0.398 e. The monoisotopic (exact) mass is 255 g/mol. The van der Waals surface area contributed by atoms with Crippen LogP contribution in [0.15, 0.2) is 24.3 Å². The fraction of sp³-hybridized carbons (Fsp3) is 0.500. The van der Waals surface area contributed by atoms with Crippen LogP contribution >= 0.6 is 0 Å². The molecular weight excluding hydrogens is 238 g/mol. The molecule has 0 amide bonds. The lowest BCUT2D eigenvalue weighted by Gasteiger charge is -2.11. The topological polar surface area (TPSA) is 69.4 Å². The number of hydrogen-bond donors (Lipinski definition) is 1. The van der Waals surface area contributed by atoms with Gasteiger partial charge in [0.2, 0.25) is 0 Å². The average Bonchev–Trinajstić information content (AvgIpc) is 2.73. The number of hydrogen-bond acceptors (Lipinski definition) is 4. The first-order chi connectivity index (χ1) is 8.07. The zero-order chi connectivity index (χ0) is 12.3. The van der Waals surface area contributed by atoms with Gasteiger partial charge in [-0.3, -0.25) is 0 Å². The molecule has 1 heterocycles. The first kappa shape index (κ1) is 12.4. The molecule has 1 aromatic rings. The van der Waals surface area contributed by atoms with Crippen LogP contribution in [0.1, 0.15) is 18.4 Å². The van der Waals surface area contributed by atoms with E-state index in [0.717, 1.165) is 12.8 Å². The largest absolute Gasteiger partial charge is 0.398 e. The Bertz CT molecular complexity index is 478. The third-order valence-corrected chi connectivity index (χ3v) is 4.52. The number of sulfone groups is 1. The number of nitrogen functional groups attached to an aromatic ring is 1. The summed E-state index contributed by atoms with van der Waals surface area (Å²) in [5.41, 5.74) is 6.94. The number of anilines is 1. The summed E-state index contributed by atoms with van der Waals surface area (Å²) in [6.07, 6.45) is 1.65. The Labute approximate surface area is 102 Å². The number of nitrogens with two attached hydrogens (primary N) is 1. The van der Waals surface area contributed by atoms with Crippen molar-refractivity contribution in [3.05, 3.63) is 29.8 Å². The molecule has 17 heavy (non-hydrogen) atoms. The molecule has 0 aliphatic carbocycles. The molecule has 0 saturated carbocycles. The Kier molecular flexibility index (Phi) is 3.69. The van der Waals surface area contributed by atoms with Crippen molar-refractivity contribution in [3.63, 3.8) is 0 Å². The van der Waals surface area contributed by atoms with Gasteiger partial charge < -0.3 is 10.5 Å². The maximum Gasteiger partial charge on any atom is 0.157 e. The molecule has 1 unspecified atom stereocenters. The minimum atomic E-state index is -3.15. The van der Waals surface area contributed by atoms with Crippen molar-refractivity contribution in [1.29, 1.82) is 0 Å². The average molecular weight is 255 g/mol. The quantitative estimate of drug-likeness (QED) is 0.825. The lowest BCUT2D eigenvalue weighted by Crippen LogP contribution is -2.21. The van der Waals surface area contributed by atoms with Crippen LogP contribution in [-0.4, -0.2) is 26.9 Å². The second-order valence-corrected chi connectivity index (χ2v) is 6.50. The van der Waals surface area contributed by atoms with Gasteiger partial charge in [0.1, 0.15) is 0 Å². The lowest BCUT2D eigenvalue weighted by atomic mass is 10.2. The molecule has 0 spiro atoms. The van der Waals surface area contributed by atoms with E-state index in [-0.39, 0.29) is 17.6 Å². The van der Waals surface area contributed by atoms with Crippen LogP contribution in [0.25, 0.3) is 0 Å². The Hall–Kier alpha value is -1.07. The van der Waals surface area contributed by atoms with Crippen molar-refractivity contribution in [2.24, 2.45) is 0 Å². The van der Waals surface area contributed by atoms with E-state index in [1.807, 2.05) is 0 Å². The van der Waals surface area contributed by atoms with Crippen LogP contribution in [0.5, 0.6) is 0 Å². The third kappa shape index (κ3) is 3.44. The van der Waals surface area contributed by atoms with Gasteiger partial charge in [0.05, 0.1) is 17.6 Å². The van der Waals surface area contributed by atoms with E-state index in [1.165, 1.54) is 0 Å². The van der Waals surface area contributed by atoms with Gasteiger partial charge in [0.25, 0.3) is 0 Å². The standard InChI is InChI=1S/C12H17NO3S/c13-12-6-2-1-4-10(12)8-17(14,15)9-11-5-3-7-16-11/h1-2,4,6,11H,3,5,7-9,13H2. The predicted octanol–water partition coefficient (Wildman–Crippen LogP) is 1.36. The van der Waals surface area contributed by atoms with Gasteiger partial charge >= 0.3 is 0 Å². The predicted molar refractivity (Wildman–Crippen MR) is 67.3 cm³/mol. The summed E-state index contributed by atoms with van der Waals surface area (Å²) in [6.45, 7) is 0.674. The molecule has 1 aliphatic rings.